The molecule has 0 aromatic rings. The largest absolute Gasteiger partial charge is 0.472 e. The van der Waals surface area contributed by atoms with E-state index in [1.807, 2.05) is 0 Å². The Bertz CT molecular complexity index is 1010. The summed E-state index contributed by atoms with van der Waals surface area (Å²) in [4.78, 5) is 35.0. The number of carbonyl (C=O) groups is 2. The van der Waals surface area contributed by atoms with E-state index in [0.29, 0.717) is 12.8 Å². The van der Waals surface area contributed by atoms with Gasteiger partial charge in [-0.2, -0.15) is 0 Å². The van der Waals surface area contributed by atoms with Crippen molar-refractivity contribution in [2.24, 2.45) is 0 Å². The lowest BCUT2D eigenvalue weighted by Gasteiger charge is -2.20. The fraction of sp³-hybridized carbons (Fsp3) is 0.818. The van der Waals surface area contributed by atoms with E-state index in [1.54, 1.807) is 0 Å². The van der Waals surface area contributed by atoms with Gasteiger partial charge in [-0.25, -0.2) is 4.57 Å². The summed E-state index contributed by atoms with van der Waals surface area (Å²) >= 11 is 0. The van der Waals surface area contributed by atoms with Gasteiger partial charge in [-0.1, -0.05) is 153 Å². The molecular weight excluding hydrogens is 719 g/mol. The molecule has 0 heterocycles. The van der Waals surface area contributed by atoms with Gasteiger partial charge in [0.25, 0.3) is 0 Å². The number of aliphatic hydroxyl groups is 2. The van der Waals surface area contributed by atoms with Crippen LogP contribution < -0.4 is 0 Å². The van der Waals surface area contributed by atoms with Crippen molar-refractivity contribution < 1.29 is 47.8 Å². The van der Waals surface area contributed by atoms with Crippen LogP contribution in [0, 0.1) is 0 Å². The molecule has 0 spiro atoms. The third-order valence-corrected chi connectivity index (χ3v) is 10.2. The van der Waals surface area contributed by atoms with Crippen molar-refractivity contribution in [1.82, 2.24) is 0 Å². The molecule has 0 saturated carbocycles. The zero-order chi connectivity index (χ0) is 40.5. The molecule has 0 aliphatic rings. The Hall–Kier alpha value is -1.81. The van der Waals surface area contributed by atoms with Gasteiger partial charge in [0.2, 0.25) is 0 Å². The predicted octanol–water partition coefficient (Wildman–Crippen LogP) is 11.6. The fourth-order valence-electron chi connectivity index (χ4n) is 5.86. The first-order valence-corrected chi connectivity index (χ1v) is 23.5. The van der Waals surface area contributed by atoms with Gasteiger partial charge < -0.3 is 24.6 Å². The second kappa shape index (κ2) is 40.4. The van der Waals surface area contributed by atoms with Crippen LogP contribution in [0.25, 0.3) is 0 Å². The Balaban J connectivity index is 4.31. The van der Waals surface area contributed by atoms with Crippen molar-refractivity contribution in [2.75, 3.05) is 26.4 Å². The Labute approximate surface area is 335 Å². The second-order valence-corrected chi connectivity index (χ2v) is 16.2. The van der Waals surface area contributed by atoms with Gasteiger partial charge in [0.15, 0.2) is 6.10 Å². The number of esters is 2. The van der Waals surface area contributed by atoms with Crippen LogP contribution in [-0.2, 0) is 32.7 Å². The number of hydrogen-bond acceptors (Lipinski definition) is 9. The SMILES string of the molecule is CCCCCC/C=C/C=C/CCCCCCCC(=O)OC[C@H](COP(=O)(O)OC[C@@H](O)CO)OC(=O)CCCCCCCCCCC/C=C/CCCCCC. The maximum atomic E-state index is 12.6. The molecule has 0 radical (unpaired) electrons. The van der Waals surface area contributed by atoms with Crippen LogP contribution in [0.15, 0.2) is 36.5 Å². The summed E-state index contributed by atoms with van der Waals surface area (Å²) in [6, 6.07) is 0. The number of phosphoric acid groups is 1. The van der Waals surface area contributed by atoms with Crippen LogP contribution in [0.2, 0.25) is 0 Å². The molecule has 0 aromatic carbocycles. The number of unbranched alkanes of at least 4 members (excludes halogenated alkanes) is 22. The molecule has 3 atom stereocenters. The molecule has 11 heteroatoms. The number of aliphatic hydroxyl groups excluding tert-OH is 2. The van der Waals surface area contributed by atoms with E-state index in [0.717, 1.165) is 57.8 Å². The topological polar surface area (TPSA) is 149 Å². The molecule has 322 valence electrons. The molecule has 0 amide bonds. The van der Waals surface area contributed by atoms with Gasteiger partial charge in [-0.05, 0) is 64.2 Å². The highest BCUT2D eigenvalue weighted by Crippen LogP contribution is 2.43. The van der Waals surface area contributed by atoms with E-state index in [4.69, 9.17) is 19.1 Å². The van der Waals surface area contributed by atoms with E-state index in [-0.39, 0.29) is 19.4 Å². The lowest BCUT2D eigenvalue weighted by molar-refractivity contribution is -0.161. The average Bonchev–Trinajstić information content (AvgIpc) is 3.17. The average molecular weight is 801 g/mol. The van der Waals surface area contributed by atoms with Gasteiger partial charge in [-0.15, -0.1) is 0 Å². The first-order chi connectivity index (χ1) is 26.7. The lowest BCUT2D eigenvalue weighted by Crippen LogP contribution is -2.29. The van der Waals surface area contributed by atoms with E-state index in [9.17, 15) is 24.2 Å². The quantitative estimate of drug-likeness (QED) is 0.0179. The number of phosphoric ester groups is 1. The third-order valence-electron chi connectivity index (χ3n) is 9.29. The summed E-state index contributed by atoms with van der Waals surface area (Å²) in [5, 5.41) is 18.3. The molecule has 0 aliphatic heterocycles. The lowest BCUT2D eigenvalue weighted by atomic mass is 10.1. The Morgan fingerprint density at radius 1 is 0.545 bits per heavy atom. The van der Waals surface area contributed by atoms with Gasteiger partial charge >= 0.3 is 19.8 Å². The van der Waals surface area contributed by atoms with Crippen LogP contribution in [0.4, 0.5) is 0 Å². The van der Waals surface area contributed by atoms with Crippen molar-refractivity contribution in [3.05, 3.63) is 36.5 Å². The van der Waals surface area contributed by atoms with E-state index >= 15 is 0 Å². The summed E-state index contributed by atoms with van der Waals surface area (Å²) < 4.78 is 32.7. The summed E-state index contributed by atoms with van der Waals surface area (Å²) in [6.45, 7) is 2.34. The molecule has 0 bridgehead atoms. The van der Waals surface area contributed by atoms with Crippen molar-refractivity contribution in [2.45, 2.75) is 206 Å². The monoisotopic (exact) mass is 801 g/mol. The van der Waals surface area contributed by atoms with Crippen LogP contribution >= 0.6 is 7.82 Å². The minimum absolute atomic E-state index is 0.179. The smallest absolute Gasteiger partial charge is 0.462 e. The number of carbonyl (C=O) groups excluding carboxylic acids is 2. The molecule has 0 saturated heterocycles. The molecule has 0 aromatic heterocycles. The number of ether oxygens (including phenoxy) is 2. The van der Waals surface area contributed by atoms with Gasteiger partial charge in [0.1, 0.15) is 12.7 Å². The molecular formula is C44H81O10P. The van der Waals surface area contributed by atoms with Gasteiger partial charge in [0, 0.05) is 12.8 Å². The molecule has 3 N–H and O–H groups in total. The Morgan fingerprint density at radius 2 is 0.945 bits per heavy atom. The maximum Gasteiger partial charge on any atom is 0.472 e. The van der Waals surface area contributed by atoms with Crippen molar-refractivity contribution >= 4 is 19.8 Å². The van der Waals surface area contributed by atoms with Crippen LogP contribution in [0.3, 0.4) is 0 Å². The highest BCUT2D eigenvalue weighted by Gasteiger charge is 2.27. The van der Waals surface area contributed by atoms with Crippen LogP contribution in [0.1, 0.15) is 194 Å². The van der Waals surface area contributed by atoms with E-state index in [1.165, 1.54) is 96.3 Å². The number of rotatable bonds is 41. The van der Waals surface area contributed by atoms with Crippen LogP contribution in [0.5, 0.6) is 0 Å². The van der Waals surface area contributed by atoms with Crippen molar-refractivity contribution in [3.63, 3.8) is 0 Å². The standard InChI is InChI=1S/C44H81O10P/c1-3-5-7-9-11-13-15-17-19-20-22-24-26-28-30-32-34-36-44(48)54-42(40-53-55(49,50)52-38-41(46)37-45)39-51-43(47)35-33-31-29-27-25-23-21-18-16-14-12-10-8-6-4-2/h13-16,18,21,41-42,45-46H,3-12,17,19-20,22-40H2,1-2H3,(H,49,50)/b15-13+,16-14+,21-18+/t41-,42+/m0/s1. The highest BCUT2D eigenvalue weighted by molar-refractivity contribution is 7.47. The number of allylic oxidation sites excluding steroid dienone is 6. The zero-order valence-electron chi connectivity index (χ0n) is 34.9. The maximum absolute atomic E-state index is 12.6. The van der Waals surface area contributed by atoms with Gasteiger partial charge in [0.05, 0.1) is 19.8 Å². The molecule has 0 fully saturated rings. The van der Waals surface area contributed by atoms with E-state index in [2.05, 4.69) is 54.8 Å². The minimum atomic E-state index is -4.62. The summed E-state index contributed by atoms with van der Waals surface area (Å²) in [6.07, 6.45) is 41.0. The number of hydrogen-bond donors (Lipinski definition) is 3. The normalized spacial score (nSPS) is 14.2. The summed E-state index contributed by atoms with van der Waals surface area (Å²) in [7, 11) is -4.62. The minimum Gasteiger partial charge on any atom is -0.462 e. The van der Waals surface area contributed by atoms with Gasteiger partial charge in [-0.3, -0.25) is 18.6 Å². The molecule has 10 nitrogen and oxygen atoms in total. The summed E-state index contributed by atoms with van der Waals surface area (Å²) in [5.74, 6) is -0.942. The fourth-order valence-corrected chi connectivity index (χ4v) is 6.65. The first kappa shape index (κ1) is 53.2. The highest BCUT2D eigenvalue weighted by atomic mass is 31.2. The molecule has 0 rings (SSSR count). The second-order valence-electron chi connectivity index (χ2n) is 14.7. The van der Waals surface area contributed by atoms with Crippen molar-refractivity contribution in [1.29, 1.82) is 0 Å². The molecule has 1 unspecified atom stereocenters. The molecule has 55 heavy (non-hydrogen) atoms. The predicted molar refractivity (Wildman–Crippen MR) is 224 cm³/mol. The Kier molecular flexibility index (Phi) is 39.1. The third kappa shape index (κ3) is 40.2. The first-order valence-electron chi connectivity index (χ1n) is 22.0. The molecule has 0 aliphatic carbocycles. The van der Waals surface area contributed by atoms with Crippen molar-refractivity contribution in [3.8, 4) is 0 Å². The Morgan fingerprint density at radius 3 is 1.42 bits per heavy atom. The summed E-state index contributed by atoms with van der Waals surface area (Å²) in [5.41, 5.74) is 0. The zero-order valence-corrected chi connectivity index (χ0v) is 35.8. The van der Waals surface area contributed by atoms with E-state index < -0.39 is 51.8 Å². The van der Waals surface area contributed by atoms with Crippen LogP contribution in [-0.4, -0.2) is 65.7 Å².